The van der Waals surface area contributed by atoms with E-state index in [1.54, 1.807) is 11.1 Å². The highest BCUT2D eigenvalue weighted by Crippen LogP contribution is 2.26. The van der Waals surface area contributed by atoms with Crippen molar-refractivity contribution in [1.82, 2.24) is 14.9 Å². The molecular formula is C8H11N3OS. The third-order valence-electron chi connectivity index (χ3n) is 2.24. The quantitative estimate of drug-likeness (QED) is 0.702. The van der Waals surface area contributed by atoms with Gasteiger partial charge in [0, 0.05) is 19.3 Å². The predicted molar refractivity (Wildman–Crippen MR) is 51.1 cm³/mol. The van der Waals surface area contributed by atoms with Crippen LogP contribution in [0.3, 0.4) is 0 Å². The van der Waals surface area contributed by atoms with Crippen molar-refractivity contribution < 1.29 is 4.79 Å². The highest BCUT2D eigenvalue weighted by atomic mass is 32.1. The van der Waals surface area contributed by atoms with Crippen molar-refractivity contribution in [3.8, 4) is 0 Å². The summed E-state index contributed by atoms with van der Waals surface area (Å²) in [6.07, 6.45) is 3.85. The molecule has 0 unspecified atom stereocenters. The molecule has 0 bridgehead atoms. The third-order valence-corrected chi connectivity index (χ3v) is 2.46. The number of H-pyrrole nitrogens is 2. The summed E-state index contributed by atoms with van der Waals surface area (Å²) in [5.74, 6) is 0.00912. The first kappa shape index (κ1) is 8.50. The summed E-state index contributed by atoms with van der Waals surface area (Å²) >= 11 is 4.84. The molecule has 0 radical (unpaired) electrons. The highest BCUT2D eigenvalue weighted by molar-refractivity contribution is 7.71. The number of aromatic nitrogens is 2. The molecule has 2 N–H and O–H groups in total. The second kappa shape index (κ2) is 2.99. The second-order valence-corrected chi connectivity index (χ2v) is 3.71. The Morgan fingerprint density at radius 1 is 1.69 bits per heavy atom. The molecule has 1 saturated carbocycles. The molecule has 0 aliphatic heterocycles. The second-order valence-electron chi connectivity index (χ2n) is 3.30. The van der Waals surface area contributed by atoms with Crippen LogP contribution in [0.1, 0.15) is 23.3 Å². The Labute approximate surface area is 81.0 Å². The minimum absolute atomic E-state index is 0.00912. The van der Waals surface area contributed by atoms with Crippen molar-refractivity contribution in [1.29, 1.82) is 0 Å². The zero-order valence-corrected chi connectivity index (χ0v) is 8.15. The van der Waals surface area contributed by atoms with E-state index >= 15 is 0 Å². The first-order chi connectivity index (χ1) is 6.18. The van der Waals surface area contributed by atoms with Crippen molar-refractivity contribution in [3.63, 3.8) is 0 Å². The fourth-order valence-corrected chi connectivity index (χ4v) is 1.43. The van der Waals surface area contributed by atoms with Gasteiger partial charge in [0.2, 0.25) is 0 Å². The average molecular weight is 197 g/mol. The predicted octanol–water partition coefficient (Wildman–Crippen LogP) is 1.31. The maximum atomic E-state index is 11.7. The van der Waals surface area contributed by atoms with Crippen LogP contribution in [-0.2, 0) is 0 Å². The molecule has 5 heteroatoms. The topological polar surface area (TPSA) is 51.9 Å². The fraction of sp³-hybridized carbons (Fsp3) is 0.500. The van der Waals surface area contributed by atoms with Gasteiger partial charge in [-0.1, -0.05) is 0 Å². The van der Waals surface area contributed by atoms with Gasteiger partial charge in [-0.25, -0.2) is 0 Å². The van der Waals surface area contributed by atoms with E-state index in [0.29, 0.717) is 16.5 Å². The van der Waals surface area contributed by atoms with E-state index in [4.69, 9.17) is 12.2 Å². The van der Waals surface area contributed by atoms with Gasteiger partial charge in [-0.2, -0.15) is 0 Å². The number of nitrogens with one attached hydrogen (secondary N) is 2. The minimum atomic E-state index is 0.00912. The van der Waals surface area contributed by atoms with Crippen LogP contribution in [0, 0.1) is 4.77 Å². The minimum Gasteiger partial charge on any atom is -0.337 e. The molecule has 1 amide bonds. The first-order valence-corrected chi connectivity index (χ1v) is 4.64. The number of carbonyl (C=O) groups excluding carboxylic acids is 1. The Balaban J connectivity index is 2.16. The zero-order valence-electron chi connectivity index (χ0n) is 7.33. The number of aromatic amines is 2. The van der Waals surface area contributed by atoms with E-state index in [1.165, 1.54) is 0 Å². The highest BCUT2D eigenvalue weighted by Gasteiger charge is 2.30. The van der Waals surface area contributed by atoms with E-state index < -0.39 is 0 Å². The van der Waals surface area contributed by atoms with Gasteiger partial charge in [-0.3, -0.25) is 4.79 Å². The van der Waals surface area contributed by atoms with Gasteiger partial charge in [0.1, 0.15) is 5.69 Å². The van der Waals surface area contributed by atoms with Crippen LogP contribution in [0.15, 0.2) is 6.20 Å². The Morgan fingerprint density at radius 3 is 2.85 bits per heavy atom. The number of imidazole rings is 1. The van der Waals surface area contributed by atoms with Gasteiger partial charge in [0.15, 0.2) is 4.77 Å². The van der Waals surface area contributed by atoms with E-state index in [0.717, 1.165) is 12.8 Å². The van der Waals surface area contributed by atoms with Crippen LogP contribution in [-0.4, -0.2) is 33.9 Å². The molecule has 1 heterocycles. The summed E-state index contributed by atoms with van der Waals surface area (Å²) in [4.78, 5) is 19.0. The van der Waals surface area contributed by atoms with Crippen molar-refractivity contribution in [2.45, 2.75) is 18.9 Å². The van der Waals surface area contributed by atoms with Crippen LogP contribution >= 0.6 is 12.2 Å². The molecule has 1 aromatic heterocycles. The standard InChI is InChI=1S/C8H11N3OS/c1-11(5-2-3-5)7(12)6-4-9-8(13)10-6/h4-5H,2-3H2,1H3,(H2,9,10,13). The molecule has 0 spiro atoms. The van der Waals surface area contributed by atoms with E-state index in [9.17, 15) is 4.79 Å². The molecule has 1 aliphatic rings. The van der Waals surface area contributed by atoms with Gasteiger partial charge in [-0.05, 0) is 25.1 Å². The lowest BCUT2D eigenvalue weighted by atomic mass is 10.4. The number of carbonyl (C=O) groups is 1. The summed E-state index contributed by atoms with van der Waals surface area (Å²) in [6.45, 7) is 0. The lowest BCUT2D eigenvalue weighted by molar-refractivity contribution is 0.0780. The summed E-state index contributed by atoms with van der Waals surface area (Å²) in [6, 6.07) is 0.435. The average Bonchev–Trinajstić information content (AvgIpc) is 2.87. The van der Waals surface area contributed by atoms with Crippen LogP contribution in [0.5, 0.6) is 0 Å². The molecule has 1 aromatic rings. The van der Waals surface area contributed by atoms with Crippen molar-refractivity contribution in [2.75, 3.05) is 7.05 Å². The Hall–Kier alpha value is -1.10. The summed E-state index contributed by atoms with van der Waals surface area (Å²) < 4.78 is 0.493. The molecule has 13 heavy (non-hydrogen) atoms. The van der Waals surface area contributed by atoms with Crippen LogP contribution in [0.4, 0.5) is 0 Å². The molecule has 70 valence electrons. The SMILES string of the molecule is CN(C(=O)c1c[nH]c(=S)[nH]1)C1CC1. The molecular weight excluding hydrogens is 186 g/mol. The zero-order chi connectivity index (χ0) is 9.42. The third kappa shape index (κ3) is 1.65. The molecule has 0 atom stereocenters. The van der Waals surface area contributed by atoms with Gasteiger partial charge >= 0.3 is 0 Å². The maximum absolute atomic E-state index is 11.7. The Morgan fingerprint density at radius 2 is 2.38 bits per heavy atom. The molecule has 4 nitrogen and oxygen atoms in total. The van der Waals surface area contributed by atoms with E-state index in [-0.39, 0.29) is 5.91 Å². The molecule has 1 aliphatic carbocycles. The molecule has 0 aromatic carbocycles. The smallest absolute Gasteiger partial charge is 0.271 e. The normalized spacial score (nSPS) is 15.8. The lowest BCUT2D eigenvalue weighted by Crippen LogP contribution is -2.28. The maximum Gasteiger partial charge on any atom is 0.271 e. The van der Waals surface area contributed by atoms with Crippen LogP contribution < -0.4 is 0 Å². The number of rotatable bonds is 2. The van der Waals surface area contributed by atoms with Gasteiger partial charge in [0.25, 0.3) is 5.91 Å². The van der Waals surface area contributed by atoms with Crippen molar-refractivity contribution in [2.24, 2.45) is 0 Å². The summed E-state index contributed by atoms with van der Waals surface area (Å²) in [5.41, 5.74) is 0.541. The van der Waals surface area contributed by atoms with Crippen LogP contribution in [0.2, 0.25) is 0 Å². The Bertz CT molecular complexity index is 377. The fourth-order valence-electron chi connectivity index (χ4n) is 1.27. The van der Waals surface area contributed by atoms with Crippen LogP contribution in [0.25, 0.3) is 0 Å². The lowest BCUT2D eigenvalue weighted by Gasteiger charge is -2.14. The molecule has 1 fully saturated rings. The van der Waals surface area contributed by atoms with Gasteiger partial charge in [0.05, 0.1) is 0 Å². The number of hydrogen-bond acceptors (Lipinski definition) is 2. The number of hydrogen-bond donors (Lipinski definition) is 2. The number of amides is 1. The largest absolute Gasteiger partial charge is 0.337 e. The van der Waals surface area contributed by atoms with E-state index in [1.807, 2.05) is 7.05 Å². The number of nitrogens with zero attached hydrogens (tertiary/aromatic N) is 1. The first-order valence-electron chi connectivity index (χ1n) is 4.23. The van der Waals surface area contributed by atoms with Crippen molar-refractivity contribution >= 4 is 18.1 Å². The molecule has 2 rings (SSSR count). The van der Waals surface area contributed by atoms with E-state index in [2.05, 4.69) is 9.97 Å². The monoisotopic (exact) mass is 197 g/mol. The molecule has 0 saturated heterocycles. The Kier molecular flexibility index (Phi) is 1.95. The van der Waals surface area contributed by atoms with Crippen molar-refractivity contribution in [3.05, 3.63) is 16.7 Å². The summed E-state index contributed by atoms with van der Waals surface area (Å²) in [5, 5.41) is 0. The van der Waals surface area contributed by atoms with Gasteiger partial charge < -0.3 is 14.9 Å². The van der Waals surface area contributed by atoms with Gasteiger partial charge in [-0.15, -0.1) is 0 Å². The summed E-state index contributed by atoms with van der Waals surface area (Å²) in [7, 11) is 1.82.